The van der Waals surface area contributed by atoms with Gasteiger partial charge in [0, 0.05) is 22.7 Å². The topological polar surface area (TPSA) is 46.5 Å². The third kappa shape index (κ3) is 2.40. The number of rotatable bonds is 4. The fraction of sp³-hybridized carbons (Fsp3) is 0.133. The molecule has 0 heterocycles. The van der Waals surface area contributed by atoms with Gasteiger partial charge in [0.1, 0.15) is 0 Å². The summed E-state index contributed by atoms with van der Waals surface area (Å²) in [6.07, 6.45) is 0. The van der Waals surface area contributed by atoms with Gasteiger partial charge in [0.25, 0.3) is 0 Å². The summed E-state index contributed by atoms with van der Waals surface area (Å²) in [6.45, 7) is 0. The van der Waals surface area contributed by atoms with Crippen molar-refractivity contribution in [2.45, 2.75) is 5.60 Å². The minimum Gasteiger partial charge on any atom is -0.479 e. The molecule has 0 aliphatic heterocycles. The van der Waals surface area contributed by atoms with Gasteiger partial charge in [-0.2, -0.15) is 0 Å². The Labute approximate surface area is 126 Å². The predicted molar refractivity (Wildman–Crippen MR) is 78.3 cm³/mol. The van der Waals surface area contributed by atoms with Gasteiger partial charge >= 0.3 is 5.97 Å². The molecular formula is C15H12Cl2O3. The van der Waals surface area contributed by atoms with Crippen molar-refractivity contribution in [3.63, 3.8) is 0 Å². The first-order valence-corrected chi connectivity index (χ1v) is 6.57. The van der Waals surface area contributed by atoms with Gasteiger partial charge in [0.15, 0.2) is 0 Å². The van der Waals surface area contributed by atoms with Crippen LogP contribution in [0.15, 0.2) is 48.5 Å². The molecule has 0 aliphatic carbocycles. The molecule has 2 rings (SSSR count). The van der Waals surface area contributed by atoms with Gasteiger partial charge in [-0.25, -0.2) is 4.79 Å². The van der Waals surface area contributed by atoms with E-state index < -0.39 is 11.6 Å². The maximum Gasteiger partial charge on any atom is 0.345 e. The second kappa shape index (κ2) is 5.83. The van der Waals surface area contributed by atoms with Crippen molar-refractivity contribution in [1.82, 2.24) is 0 Å². The number of aliphatic carboxylic acids is 1. The van der Waals surface area contributed by atoms with E-state index in [0.717, 1.165) is 0 Å². The van der Waals surface area contributed by atoms with E-state index in [9.17, 15) is 9.90 Å². The number of methoxy groups -OCH3 is 1. The molecule has 0 aromatic heterocycles. The van der Waals surface area contributed by atoms with Crippen molar-refractivity contribution in [2.75, 3.05) is 7.11 Å². The van der Waals surface area contributed by atoms with Crippen molar-refractivity contribution in [2.24, 2.45) is 0 Å². The number of carbonyl (C=O) groups is 1. The Hall–Kier alpha value is -1.55. The fourth-order valence-corrected chi connectivity index (χ4v) is 2.70. The second-order valence-electron chi connectivity index (χ2n) is 4.18. The lowest BCUT2D eigenvalue weighted by Crippen LogP contribution is -2.39. The van der Waals surface area contributed by atoms with Crippen molar-refractivity contribution >= 4 is 29.2 Å². The Bertz CT molecular complexity index is 628. The SMILES string of the molecule is COC(C(=O)O)(c1ccccc1)c1ccc(Cl)cc1Cl. The van der Waals surface area contributed by atoms with Crippen LogP contribution in [0.25, 0.3) is 0 Å². The number of hydrogen-bond acceptors (Lipinski definition) is 2. The summed E-state index contributed by atoms with van der Waals surface area (Å²) >= 11 is 12.0. The quantitative estimate of drug-likeness (QED) is 0.929. The van der Waals surface area contributed by atoms with Gasteiger partial charge in [-0.1, -0.05) is 59.6 Å². The Morgan fingerprint density at radius 2 is 1.80 bits per heavy atom. The first kappa shape index (κ1) is 14.9. The molecule has 1 N–H and O–H groups in total. The average molecular weight is 311 g/mol. The smallest absolute Gasteiger partial charge is 0.345 e. The van der Waals surface area contributed by atoms with Crippen molar-refractivity contribution in [3.05, 3.63) is 69.7 Å². The Balaban J connectivity index is 2.73. The monoisotopic (exact) mass is 310 g/mol. The summed E-state index contributed by atoms with van der Waals surface area (Å²) in [5, 5.41) is 10.4. The van der Waals surface area contributed by atoms with Crippen LogP contribution in [0.1, 0.15) is 11.1 Å². The van der Waals surface area contributed by atoms with Gasteiger partial charge in [0.2, 0.25) is 5.60 Å². The summed E-state index contributed by atoms with van der Waals surface area (Å²) in [6, 6.07) is 13.3. The lowest BCUT2D eigenvalue weighted by Gasteiger charge is -2.29. The van der Waals surface area contributed by atoms with E-state index in [4.69, 9.17) is 27.9 Å². The number of carboxylic acids is 1. The molecule has 0 amide bonds. The maximum absolute atomic E-state index is 11.9. The molecule has 1 atom stereocenters. The Kier molecular flexibility index (Phi) is 4.33. The van der Waals surface area contributed by atoms with Crippen LogP contribution in [0.2, 0.25) is 10.0 Å². The number of halogens is 2. The third-order valence-electron chi connectivity index (χ3n) is 3.10. The normalized spacial score (nSPS) is 13.8. The van der Waals surface area contributed by atoms with E-state index in [1.54, 1.807) is 42.5 Å². The molecule has 0 saturated carbocycles. The van der Waals surface area contributed by atoms with Crippen LogP contribution in [0.4, 0.5) is 0 Å². The first-order chi connectivity index (χ1) is 9.52. The molecule has 1 unspecified atom stereocenters. The van der Waals surface area contributed by atoms with Crippen LogP contribution >= 0.6 is 23.2 Å². The van der Waals surface area contributed by atoms with E-state index in [0.29, 0.717) is 16.1 Å². The summed E-state index contributed by atoms with van der Waals surface area (Å²) in [4.78, 5) is 11.9. The molecule has 0 spiro atoms. The van der Waals surface area contributed by atoms with E-state index >= 15 is 0 Å². The largest absolute Gasteiger partial charge is 0.479 e. The molecule has 0 aliphatic rings. The molecule has 0 bridgehead atoms. The van der Waals surface area contributed by atoms with Crippen LogP contribution < -0.4 is 0 Å². The minimum absolute atomic E-state index is 0.241. The number of benzene rings is 2. The Morgan fingerprint density at radius 3 is 2.30 bits per heavy atom. The fourth-order valence-electron chi connectivity index (χ4n) is 2.16. The van der Waals surface area contributed by atoms with Crippen LogP contribution in [0.5, 0.6) is 0 Å². The van der Waals surface area contributed by atoms with Gasteiger partial charge in [0.05, 0.1) is 0 Å². The average Bonchev–Trinajstić information content (AvgIpc) is 2.43. The lowest BCUT2D eigenvalue weighted by molar-refractivity contribution is -0.158. The highest BCUT2D eigenvalue weighted by Gasteiger charge is 2.44. The van der Waals surface area contributed by atoms with Crippen molar-refractivity contribution < 1.29 is 14.6 Å². The zero-order chi connectivity index (χ0) is 14.8. The standard InChI is InChI=1S/C15H12Cl2O3/c1-20-15(14(18)19,10-5-3-2-4-6-10)12-8-7-11(16)9-13(12)17/h2-9H,1H3,(H,18,19). The van der Waals surface area contributed by atoms with Gasteiger partial charge < -0.3 is 9.84 Å². The summed E-state index contributed by atoms with van der Waals surface area (Å²) in [7, 11) is 1.34. The van der Waals surface area contributed by atoms with Crippen LogP contribution in [0.3, 0.4) is 0 Å². The summed E-state index contributed by atoms with van der Waals surface area (Å²) < 4.78 is 5.37. The third-order valence-corrected chi connectivity index (χ3v) is 3.65. The first-order valence-electron chi connectivity index (χ1n) is 5.82. The second-order valence-corrected chi connectivity index (χ2v) is 5.02. The molecule has 2 aromatic carbocycles. The summed E-state index contributed by atoms with van der Waals surface area (Å²) in [5.41, 5.74) is -0.841. The van der Waals surface area contributed by atoms with Crippen LogP contribution in [-0.2, 0) is 15.1 Å². The predicted octanol–water partition coefficient (Wildman–Crippen LogP) is 3.97. The molecule has 2 aromatic rings. The number of hydrogen-bond donors (Lipinski definition) is 1. The zero-order valence-corrected chi connectivity index (χ0v) is 12.2. The molecular weight excluding hydrogens is 299 g/mol. The molecule has 0 radical (unpaired) electrons. The molecule has 5 heteroatoms. The maximum atomic E-state index is 11.9. The van der Waals surface area contributed by atoms with E-state index in [1.165, 1.54) is 13.2 Å². The molecule has 20 heavy (non-hydrogen) atoms. The van der Waals surface area contributed by atoms with E-state index in [-0.39, 0.29) is 5.02 Å². The molecule has 3 nitrogen and oxygen atoms in total. The minimum atomic E-state index is -1.66. The van der Waals surface area contributed by atoms with Gasteiger partial charge in [-0.3, -0.25) is 0 Å². The van der Waals surface area contributed by atoms with Gasteiger partial charge in [-0.15, -0.1) is 0 Å². The van der Waals surface area contributed by atoms with E-state index in [2.05, 4.69) is 0 Å². The number of carboxylic acid groups (broad SMARTS) is 1. The number of ether oxygens (including phenoxy) is 1. The molecule has 0 fully saturated rings. The van der Waals surface area contributed by atoms with Crippen LogP contribution in [-0.4, -0.2) is 18.2 Å². The van der Waals surface area contributed by atoms with Crippen molar-refractivity contribution in [1.29, 1.82) is 0 Å². The lowest BCUT2D eigenvalue weighted by atomic mass is 9.86. The summed E-state index contributed by atoms with van der Waals surface area (Å²) in [5.74, 6) is -1.14. The zero-order valence-electron chi connectivity index (χ0n) is 10.6. The van der Waals surface area contributed by atoms with E-state index in [1.807, 2.05) is 0 Å². The van der Waals surface area contributed by atoms with Gasteiger partial charge in [-0.05, 0) is 17.7 Å². The molecule has 0 saturated heterocycles. The highest BCUT2D eigenvalue weighted by molar-refractivity contribution is 6.35. The highest BCUT2D eigenvalue weighted by atomic mass is 35.5. The highest BCUT2D eigenvalue weighted by Crippen LogP contribution is 2.38. The molecule has 104 valence electrons. The van der Waals surface area contributed by atoms with Crippen LogP contribution in [0, 0.1) is 0 Å². The van der Waals surface area contributed by atoms with Crippen molar-refractivity contribution in [3.8, 4) is 0 Å². The Morgan fingerprint density at radius 1 is 1.15 bits per heavy atom.